The summed E-state index contributed by atoms with van der Waals surface area (Å²) in [5.74, 6) is -10.4. The van der Waals surface area contributed by atoms with E-state index in [0.717, 1.165) is 34.6 Å². The Kier molecular flexibility index (Phi) is 41.7. The van der Waals surface area contributed by atoms with E-state index in [4.69, 9.17) is 99.5 Å². The van der Waals surface area contributed by atoms with E-state index in [2.05, 4.69) is 26.6 Å². The number of amides is 5. The van der Waals surface area contributed by atoms with Crippen LogP contribution >= 0.6 is 0 Å². The predicted molar refractivity (Wildman–Crippen MR) is 436 cm³/mol. The van der Waals surface area contributed by atoms with Gasteiger partial charge in [-0.15, -0.1) is 0 Å². The molecule has 11 fully saturated rings. The van der Waals surface area contributed by atoms with Crippen molar-refractivity contribution in [3.8, 4) is 0 Å². The van der Waals surface area contributed by atoms with Crippen molar-refractivity contribution in [1.29, 1.82) is 0 Å². The molecule has 0 bridgehead atoms. The summed E-state index contributed by atoms with van der Waals surface area (Å²) in [6.45, 7) is -6.54. The van der Waals surface area contributed by atoms with Gasteiger partial charge in [0.05, 0.1) is 84.3 Å². The summed E-state index contributed by atoms with van der Waals surface area (Å²) < 4.78 is 126. The average molecular weight is 2080 g/mol. The summed E-state index contributed by atoms with van der Waals surface area (Å²) in [4.78, 5) is 78.0. The van der Waals surface area contributed by atoms with Crippen LogP contribution in [0.2, 0.25) is 0 Å². The Labute approximate surface area is 803 Å². The van der Waals surface area contributed by atoms with Gasteiger partial charge in [-0.05, 0) is 6.92 Å². The van der Waals surface area contributed by atoms with E-state index in [0.29, 0.717) is 0 Å². The normalized spacial score (nSPS) is 48.0. The second-order valence-corrected chi connectivity index (χ2v) is 35.9. The van der Waals surface area contributed by atoms with Crippen molar-refractivity contribution in [3.63, 3.8) is 0 Å². The SMILES string of the molecule is CC(=O)N[C@H]1[C@H](O[C@H]2[C@H](O)[C@@H](NC(C)=O)C(O)O[C@@H]2CO)O[C@H](CO)[C@@H](O[C@@H]2O[C@H](CO[C@H]3O[C@H](CO)[C@@H](O)[C@H](O)[C@@H]3O[C@@H]3O[C@H](CO)[C@@H](O[C@@H]4O[C@H](CO)[C@H](O)[C@H](O)[C@H]4O)[C@H](O[C@@H]4O[C@@H](C)[C@@H](O)[C@@H](O)[C@@H]4O)[C@H]3NC(C)=O)[C@@H](O)[C@H](O[C@H]3O[C@H](CO)[C@@H](O)[C@H](O)[C@@H]3O[C@@H]3O[C@H](CO)[C@@H](O[C@@H]4O[C@H](CO)[C@H](O)[C@H](O[C@]5(C(=O)O)C[C@H](O)[C@@H](NC(C)=O)[C@H]([C@H](O)[C@H](O)CO)O5)[C@H]4O)[C@H](O)[C@H]3NC(C)=O)[C@@H]2O)[C@@H]1O. The number of ether oxygens (including phenoxy) is 21. The fourth-order valence-electron chi connectivity index (χ4n) is 18.5. The van der Waals surface area contributed by atoms with Crippen LogP contribution in [-0.2, 0) is 128 Å². The number of aliphatic carboxylic acids is 1. The summed E-state index contributed by atoms with van der Waals surface area (Å²) in [5.41, 5.74) is 0. The number of carboxylic acids is 1. The second kappa shape index (κ2) is 50.6. The fraction of sp³-hybridized carbons (Fsp3) is 0.924. The largest absolute Gasteiger partial charge is 0.477 e. The van der Waals surface area contributed by atoms with E-state index in [-0.39, 0.29) is 0 Å². The van der Waals surface area contributed by atoms with Crippen LogP contribution in [0.4, 0.5) is 0 Å². The molecular formula is C79H131N5O58. The first-order chi connectivity index (χ1) is 67.0. The predicted octanol–water partition coefficient (Wildman–Crippen LogP) is -24.0. The zero-order valence-electron chi connectivity index (χ0n) is 76.4. The smallest absolute Gasteiger partial charge is 0.364 e. The van der Waals surface area contributed by atoms with Gasteiger partial charge in [0.1, 0.15) is 256 Å². The van der Waals surface area contributed by atoms with Crippen LogP contribution in [0, 0.1) is 0 Å². The molecule has 5 amide bonds. The lowest BCUT2D eigenvalue weighted by Gasteiger charge is -2.52. The third-order valence-electron chi connectivity index (χ3n) is 25.9. The molecule has 11 aliphatic rings. The van der Waals surface area contributed by atoms with Crippen LogP contribution in [0.1, 0.15) is 48.0 Å². The van der Waals surface area contributed by atoms with Crippen LogP contribution in [0.3, 0.4) is 0 Å². The van der Waals surface area contributed by atoms with Gasteiger partial charge in [-0.25, -0.2) is 4.79 Å². The maximum absolute atomic E-state index is 13.6. The lowest BCUT2D eigenvalue weighted by Crippen LogP contribution is -2.71. The Morgan fingerprint density at radius 3 is 1.09 bits per heavy atom. The molecule has 11 rings (SSSR count). The number of carbonyl (C=O) groups excluding carboxylic acids is 5. The van der Waals surface area contributed by atoms with Crippen molar-refractivity contribution in [3.05, 3.63) is 0 Å². The summed E-state index contributed by atoms with van der Waals surface area (Å²) >= 11 is 0. The highest BCUT2D eigenvalue weighted by atomic mass is 16.8. The van der Waals surface area contributed by atoms with Gasteiger partial charge in [0.25, 0.3) is 5.79 Å². The van der Waals surface area contributed by atoms with Gasteiger partial charge in [-0.1, -0.05) is 0 Å². The Morgan fingerprint density at radius 2 is 0.627 bits per heavy atom. The summed E-state index contributed by atoms with van der Waals surface area (Å²) in [6.07, 6.45) is -112. The van der Waals surface area contributed by atoms with Gasteiger partial charge in [0, 0.05) is 41.0 Å². The fourth-order valence-corrected chi connectivity index (χ4v) is 18.5. The minimum Gasteiger partial charge on any atom is -0.477 e. The van der Waals surface area contributed by atoms with Crippen LogP contribution in [-0.4, -0.2) is 603 Å². The van der Waals surface area contributed by atoms with Crippen molar-refractivity contribution >= 4 is 35.5 Å². The van der Waals surface area contributed by atoms with E-state index in [1.165, 1.54) is 6.92 Å². The van der Waals surface area contributed by atoms with Crippen molar-refractivity contribution in [2.24, 2.45) is 0 Å². The van der Waals surface area contributed by atoms with Crippen LogP contribution < -0.4 is 26.6 Å². The third-order valence-corrected chi connectivity index (χ3v) is 25.9. The molecule has 63 nitrogen and oxygen atoms in total. The van der Waals surface area contributed by atoms with Gasteiger partial charge in [-0.3, -0.25) is 24.0 Å². The highest BCUT2D eigenvalue weighted by molar-refractivity contribution is 5.77. The zero-order valence-corrected chi connectivity index (χ0v) is 76.4. The first kappa shape index (κ1) is 117. The molecule has 0 spiro atoms. The molecule has 142 heavy (non-hydrogen) atoms. The molecule has 0 aromatic rings. The number of carbonyl (C=O) groups is 6. The summed E-state index contributed by atoms with van der Waals surface area (Å²) in [6, 6.07) is -9.77. The standard InChI is InChI=1S/C79H131N5O58/c1-18-40(101)50(111)54(115)72(123-18)137-63-39(84-23(6)98)71(131-33(16-93)61(63)136-73-55(116)51(112)42(103)26(9-86)125-73)139-66-52(113)43(104)27(10-87)127-76(66)122-17-34-46(107)64(56(117)74(132-34)134-59-31(14-91)129-69(37(48(59)109)82-21(4)96)133-58-30(13-90)124-68(119)36(47(58)108)81-20(3)95)138-77-67(53(114)44(105)28(11-88)128-77)140-70-38(83-22(5)97)49(110)60(32(15-92)130-70)135-75-57(118)65(45(106)29(12-89)126-75)142-79(78(120)121)7-24(99)35(80-19(2)94)62(141-79)41(102)25(100)8-85/h18,24-77,85-93,99-119H,7-17H2,1-6H3,(H,80,94)(H,81,95)(H,82,96)(H,83,97)(H,84,98)(H,120,121)/t18-,24-,25+,26+,27+,28+,29+,30+,31+,32+,33+,34+,35+,36+,37+,38+,39+,40+,41+,42-,43+,44+,45-,46+,47+,48+,49+,50+,51-,52-,53-,54-,55+,56-,57+,58+,59+,60+,61+,62+,63+,64-,65-,66-,67-,68?,69-,70-,71-,72-,73-,74-,75-,76-,77+,79-/m0/s1. The first-order valence-electron chi connectivity index (χ1n) is 45.1. The topological polar surface area (TPSA) is 984 Å². The molecule has 11 aliphatic heterocycles. The highest BCUT2D eigenvalue weighted by Gasteiger charge is 2.65. The van der Waals surface area contributed by atoms with Crippen molar-refractivity contribution in [2.45, 2.75) is 391 Å². The number of hydrogen-bond acceptors (Lipinski definition) is 57. The van der Waals surface area contributed by atoms with Gasteiger partial charge in [0.15, 0.2) is 62.9 Å². The van der Waals surface area contributed by atoms with Gasteiger partial charge in [0.2, 0.25) is 29.5 Å². The maximum Gasteiger partial charge on any atom is 0.364 e. The quantitative estimate of drug-likeness (QED) is 0.0273. The van der Waals surface area contributed by atoms with Crippen LogP contribution in [0.5, 0.6) is 0 Å². The van der Waals surface area contributed by atoms with E-state index in [9.17, 15) is 187 Å². The molecule has 0 aliphatic carbocycles. The maximum atomic E-state index is 13.6. The Hall–Kier alpha value is -5.22. The molecule has 0 saturated carbocycles. The number of carboxylic acid groups (broad SMARTS) is 1. The molecule has 11 heterocycles. The molecule has 63 heteroatoms. The molecule has 0 aromatic heterocycles. The van der Waals surface area contributed by atoms with E-state index < -0.39 is 451 Å². The van der Waals surface area contributed by atoms with Gasteiger partial charge < -0.3 is 284 Å². The van der Waals surface area contributed by atoms with E-state index >= 15 is 0 Å². The highest BCUT2D eigenvalue weighted by Crippen LogP contribution is 2.44. The lowest BCUT2D eigenvalue weighted by molar-refractivity contribution is -0.402. The molecule has 11 saturated heterocycles. The lowest BCUT2D eigenvalue weighted by atomic mass is 9.88. The minimum atomic E-state index is -3.35. The Balaban J connectivity index is 0.935. The molecule has 56 atom stereocenters. The van der Waals surface area contributed by atoms with Gasteiger partial charge in [-0.2, -0.15) is 0 Å². The number of nitrogens with one attached hydrogen (secondary N) is 5. The van der Waals surface area contributed by atoms with Gasteiger partial charge >= 0.3 is 5.97 Å². The third kappa shape index (κ3) is 25.6. The van der Waals surface area contributed by atoms with Crippen molar-refractivity contribution in [2.75, 3.05) is 66.1 Å². The number of hydrogen-bond donors (Lipinski definition) is 36. The Bertz CT molecular complexity index is 4010. The zero-order chi connectivity index (χ0) is 105. The summed E-state index contributed by atoms with van der Waals surface area (Å²) in [7, 11) is 0. The molecule has 0 aromatic carbocycles. The molecular weight excluding hydrogens is 1950 g/mol. The number of aliphatic hydroxyl groups excluding tert-OH is 30. The minimum absolute atomic E-state index is 0.831. The molecule has 820 valence electrons. The van der Waals surface area contributed by atoms with Crippen LogP contribution in [0.15, 0.2) is 0 Å². The van der Waals surface area contributed by atoms with Crippen molar-refractivity contribution < 1.29 is 287 Å². The Morgan fingerprint density at radius 1 is 0.303 bits per heavy atom. The van der Waals surface area contributed by atoms with Crippen molar-refractivity contribution in [1.82, 2.24) is 26.6 Å². The summed E-state index contributed by atoms with van der Waals surface area (Å²) in [5, 5.41) is 362. The second-order valence-electron chi connectivity index (χ2n) is 35.9. The number of rotatable bonds is 38. The van der Waals surface area contributed by atoms with Crippen LogP contribution in [0.25, 0.3) is 0 Å². The first-order valence-corrected chi connectivity index (χ1v) is 45.1. The number of aliphatic hydroxyl groups is 30. The molecule has 1 unspecified atom stereocenters. The molecule has 36 N–H and O–H groups in total. The average Bonchev–Trinajstić information content (AvgIpc) is 0.768. The monoisotopic (exact) mass is 2080 g/mol. The van der Waals surface area contributed by atoms with E-state index in [1.54, 1.807) is 0 Å². The molecule has 0 radical (unpaired) electrons. The van der Waals surface area contributed by atoms with E-state index in [1.807, 2.05) is 0 Å².